The van der Waals surface area contributed by atoms with Crippen LogP contribution in [0.4, 0.5) is 0 Å². The molecule has 82 valence electrons. The molecule has 0 bridgehead atoms. The van der Waals surface area contributed by atoms with Crippen molar-refractivity contribution in [3.63, 3.8) is 0 Å². The molecule has 0 atom stereocenters. The Labute approximate surface area is 119 Å². The molecule has 0 unspecified atom stereocenters. The molecule has 2 aromatic carbocycles. The SMILES string of the molecule is Oc1c(Br)cc(-c2ccc(Br)cc2)cc1Br. The van der Waals surface area contributed by atoms with Crippen LogP contribution in [0, 0.1) is 0 Å². The van der Waals surface area contributed by atoms with Gasteiger partial charge in [-0.3, -0.25) is 0 Å². The maximum atomic E-state index is 9.62. The van der Waals surface area contributed by atoms with Gasteiger partial charge in [0.2, 0.25) is 0 Å². The van der Waals surface area contributed by atoms with E-state index in [9.17, 15) is 5.11 Å². The summed E-state index contributed by atoms with van der Waals surface area (Å²) in [6, 6.07) is 11.8. The van der Waals surface area contributed by atoms with Crippen LogP contribution in [0.1, 0.15) is 0 Å². The second-order valence-electron chi connectivity index (χ2n) is 3.30. The molecule has 2 aromatic rings. The lowest BCUT2D eigenvalue weighted by Gasteiger charge is -2.06. The number of hydrogen-bond donors (Lipinski definition) is 1. The van der Waals surface area contributed by atoms with Crippen LogP contribution in [0.2, 0.25) is 0 Å². The lowest BCUT2D eigenvalue weighted by Crippen LogP contribution is -1.80. The van der Waals surface area contributed by atoms with Crippen LogP contribution < -0.4 is 0 Å². The van der Waals surface area contributed by atoms with Crippen molar-refractivity contribution in [3.8, 4) is 16.9 Å². The molecule has 0 heterocycles. The summed E-state index contributed by atoms with van der Waals surface area (Å²) >= 11 is 10.0. The highest BCUT2D eigenvalue weighted by atomic mass is 79.9. The first-order valence-electron chi connectivity index (χ1n) is 4.52. The molecule has 0 aliphatic rings. The number of benzene rings is 2. The van der Waals surface area contributed by atoms with E-state index in [-0.39, 0.29) is 5.75 Å². The lowest BCUT2D eigenvalue weighted by atomic mass is 10.1. The third kappa shape index (κ3) is 2.50. The van der Waals surface area contributed by atoms with Crippen molar-refractivity contribution in [1.29, 1.82) is 0 Å². The van der Waals surface area contributed by atoms with Crippen molar-refractivity contribution in [1.82, 2.24) is 0 Å². The molecule has 16 heavy (non-hydrogen) atoms. The summed E-state index contributed by atoms with van der Waals surface area (Å²) < 4.78 is 2.41. The van der Waals surface area contributed by atoms with E-state index in [1.165, 1.54) is 0 Å². The topological polar surface area (TPSA) is 20.2 Å². The van der Waals surface area contributed by atoms with Gasteiger partial charge in [0, 0.05) is 4.47 Å². The van der Waals surface area contributed by atoms with Gasteiger partial charge in [0.05, 0.1) is 8.95 Å². The number of phenols is 1. The van der Waals surface area contributed by atoms with Crippen molar-refractivity contribution < 1.29 is 5.11 Å². The van der Waals surface area contributed by atoms with Crippen molar-refractivity contribution in [2.24, 2.45) is 0 Å². The molecule has 0 aromatic heterocycles. The average Bonchev–Trinajstić information content (AvgIpc) is 2.26. The number of halogens is 3. The number of phenolic OH excluding ortho intramolecular Hbond substituents is 1. The molecule has 1 nitrogen and oxygen atoms in total. The molecule has 0 amide bonds. The zero-order valence-corrected chi connectivity index (χ0v) is 12.8. The zero-order chi connectivity index (χ0) is 11.7. The minimum absolute atomic E-state index is 0.223. The zero-order valence-electron chi connectivity index (χ0n) is 8.05. The summed E-state index contributed by atoms with van der Waals surface area (Å²) in [4.78, 5) is 0. The molecule has 0 saturated heterocycles. The third-order valence-electron chi connectivity index (χ3n) is 2.19. The maximum absolute atomic E-state index is 9.62. The predicted octanol–water partition coefficient (Wildman–Crippen LogP) is 5.35. The quantitative estimate of drug-likeness (QED) is 0.677. The standard InChI is InChI=1S/C12H7Br3O/c13-9-3-1-7(2-4-9)8-5-10(14)12(16)11(15)6-8/h1-6,16H. The summed E-state index contributed by atoms with van der Waals surface area (Å²) in [7, 11) is 0. The molecule has 0 saturated carbocycles. The van der Waals surface area contributed by atoms with Crippen LogP contribution in [0.15, 0.2) is 49.8 Å². The lowest BCUT2D eigenvalue weighted by molar-refractivity contribution is 0.468. The molecule has 2 rings (SSSR count). The maximum Gasteiger partial charge on any atom is 0.143 e. The van der Waals surface area contributed by atoms with Gasteiger partial charge in [-0.15, -0.1) is 0 Å². The fourth-order valence-corrected chi connectivity index (χ4v) is 2.83. The first kappa shape index (κ1) is 12.1. The normalized spacial score (nSPS) is 10.4. The molecule has 1 N–H and O–H groups in total. The number of hydrogen-bond acceptors (Lipinski definition) is 1. The summed E-state index contributed by atoms with van der Waals surface area (Å²) in [5.41, 5.74) is 2.15. The van der Waals surface area contributed by atoms with E-state index in [2.05, 4.69) is 47.8 Å². The second kappa shape index (κ2) is 4.90. The van der Waals surface area contributed by atoms with Gasteiger partial charge in [0.25, 0.3) is 0 Å². The fourth-order valence-electron chi connectivity index (χ4n) is 1.37. The fraction of sp³-hybridized carbons (Fsp3) is 0. The van der Waals surface area contributed by atoms with Crippen LogP contribution in [0.25, 0.3) is 11.1 Å². The van der Waals surface area contributed by atoms with Crippen molar-refractivity contribution >= 4 is 47.8 Å². The Morgan fingerprint density at radius 1 is 0.750 bits per heavy atom. The third-order valence-corrected chi connectivity index (χ3v) is 3.93. The van der Waals surface area contributed by atoms with Gasteiger partial charge in [-0.25, -0.2) is 0 Å². The Kier molecular flexibility index (Phi) is 3.72. The van der Waals surface area contributed by atoms with Gasteiger partial charge in [-0.05, 0) is 67.3 Å². The van der Waals surface area contributed by atoms with E-state index >= 15 is 0 Å². The van der Waals surface area contributed by atoms with Crippen molar-refractivity contribution in [2.75, 3.05) is 0 Å². The van der Waals surface area contributed by atoms with Crippen molar-refractivity contribution in [3.05, 3.63) is 49.8 Å². The Balaban J connectivity index is 2.52. The van der Waals surface area contributed by atoms with Gasteiger partial charge >= 0.3 is 0 Å². The molecular formula is C12H7Br3O. The number of aromatic hydroxyl groups is 1. The first-order chi connectivity index (χ1) is 7.58. The van der Waals surface area contributed by atoms with Gasteiger partial charge in [-0.1, -0.05) is 28.1 Å². The van der Waals surface area contributed by atoms with Crippen LogP contribution in [-0.2, 0) is 0 Å². The van der Waals surface area contributed by atoms with E-state index in [0.29, 0.717) is 8.95 Å². The smallest absolute Gasteiger partial charge is 0.143 e. The Morgan fingerprint density at radius 3 is 1.75 bits per heavy atom. The van der Waals surface area contributed by atoms with E-state index in [1.807, 2.05) is 36.4 Å². The Morgan fingerprint density at radius 2 is 1.25 bits per heavy atom. The minimum Gasteiger partial charge on any atom is -0.506 e. The summed E-state index contributed by atoms with van der Waals surface area (Å²) in [6.07, 6.45) is 0. The van der Waals surface area contributed by atoms with Crippen LogP contribution in [0.3, 0.4) is 0 Å². The summed E-state index contributed by atoms with van der Waals surface area (Å²) in [5.74, 6) is 0.223. The highest BCUT2D eigenvalue weighted by Crippen LogP contribution is 2.36. The molecule has 0 radical (unpaired) electrons. The Bertz CT molecular complexity index is 497. The first-order valence-corrected chi connectivity index (χ1v) is 6.90. The van der Waals surface area contributed by atoms with E-state index in [4.69, 9.17) is 0 Å². The number of rotatable bonds is 1. The molecule has 0 spiro atoms. The van der Waals surface area contributed by atoms with Crippen LogP contribution in [0.5, 0.6) is 5.75 Å². The monoisotopic (exact) mass is 404 g/mol. The predicted molar refractivity (Wildman–Crippen MR) is 76.6 cm³/mol. The van der Waals surface area contributed by atoms with Gasteiger partial charge in [0.15, 0.2) is 0 Å². The summed E-state index contributed by atoms with van der Waals surface area (Å²) in [6.45, 7) is 0. The van der Waals surface area contributed by atoms with Crippen molar-refractivity contribution in [2.45, 2.75) is 0 Å². The molecule has 4 heteroatoms. The van der Waals surface area contributed by atoms with Crippen LogP contribution in [-0.4, -0.2) is 5.11 Å². The molecule has 0 aliphatic carbocycles. The Hall–Kier alpha value is -0.320. The minimum atomic E-state index is 0.223. The van der Waals surface area contributed by atoms with Gasteiger partial charge in [-0.2, -0.15) is 0 Å². The molecule has 0 aliphatic heterocycles. The van der Waals surface area contributed by atoms with Crippen LogP contribution >= 0.6 is 47.8 Å². The largest absolute Gasteiger partial charge is 0.506 e. The van der Waals surface area contributed by atoms with Gasteiger partial charge < -0.3 is 5.11 Å². The molecular weight excluding hydrogens is 400 g/mol. The molecule has 0 fully saturated rings. The summed E-state index contributed by atoms with van der Waals surface area (Å²) in [5, 5.41) is 9.62. The highest BCUT2D eigenvalue weighted by Gasteiger charge is 2.07. The van der Waals surface area contributed by atoms with E-state index in [0.717, 1.165) is 15.6 Å². The van der Waals surface area contributed by atoms with Gasteiger partial charge in [0.1, 0.15) is 5.75 Å². The van der Waals surface area contributed by atoms with E-state index < -0.39 is 0 Å². The average molecular weight is 407 g/mol. The highest BCUT2D eigenvalue weighted by molar-refractivity contribution is 9.11. The second-order valence-corrected chi connectivity index (χ2v) is 5.92. The van der Waals surface area contributed by atoms with E-state index in [1.54, 1.807) is 0 Å².